The Hall–Kier alpha value is -3.05. The molecule has 0 aliphatic carbocycles. The first-order valence-corrected chi connectivity index (χ1v) is 14.5. The maximum absolute atomic E-state index is 13.9. The second-order valence-corrected chi connectivity index (χ2v) is 11.6. The molecule has 9 nitrogen and oxygen atoms in total. The summed E-state index contributed by atoms with van der Waals surface area (Å²) in [6.07, 6.45) is 5.25. The zero-order valence-corrected chi connectivity index (χ0v) is 24.1. The van der Waals surface area contributed by atoms with E-state index in [-0.39, 0.29) is 37.4 Å². The van der Waals surface area contributed by atoms with Crippen LogP contribution in [0.25, 0.3) is 0 Å². The Kier molecular flexibility index (Phi) is 8.42. The summed E-state index contributed by atoms with van der Waals surface area (Å²) in [6, 6.07) is 12.9. The van der Waals surface area contributed by atoms with Gasteiger partial charge in [0.25, 0.3) is 5.91 Å². The molecule has 2 aromatic rings. The number of aliphatic hydroxyl groups excluding tert-OH is 1. The van der Waals surface area contributed by atoms with Crippen molar-refractivity contribution in [3.05, 3.63) is 70.2 Å². The maximum Gasteiger partial charge on any atom is 0.264 e. The van der Waals surface area contributed by atoms with Crippen LogP contribution in [0.15, 0.2) is 59.1 Å². The number of aliphatic hydroxyl groups is 2. The molecular formula is C30H35BrN4O5. The average Bonchev–Trinajstić information content (AvgIpc) is 3.51. The van der Waals surface area contributed by atoms with E-state index in [1.54, 1.807) is 39.8 Å². The van der Waals surface area contributed by atoms with Crippen LogP contribution in [-0.4, -0.2) is 71.7 Å². The maximum atomic E-state index is 13.9. The van der Waals surface area contributed by atoms with E-state index < -0.39 is 17.4 Å². The highest BCUT2D eigenvalue weighted by Gasteiger charge is 2.52. The van der Waals surface area contributed by atoms with Gasteiger partial charge in [0.15, 0.2) is 5.60 Å². The Balaban J connectivity index is 1.36. The smallest absolute Gasteiger partial charge is 0.264 e. The van der Waals surface area contributed by atoms with E-state index in [4.69, 9.17) is 0 Å². The van der Waals surface area contributed by atoms with Gasteiger partial charge in [-0.25, -0.2) is 0 Å². The summed E-state index contributed by atoms with van der Waals surface area (Å²) in [5, 5.41) is 24.6. The number of fused-ring (bicyclic) bond motifs is 1. The van der Waals surface area contributed by atoms with Crippen LogP contribution in [0.5, 0.6) is 0 Å². The number of carbonyl (C=O) groups is 3. The summed E-state index contributed by atoms with van der Waals surface area (Å²) in [7, 11) is 0. The van der Waals surface area contributed by atoms with Crippen molar-refractivity contribution in [2.75, 3.05) is 42.6 Å². The molecule has 0 saturated carbocycles. The predicted molar refractivity (Wildman–Crippen MR) is 156 cm³/mol. The molecule has 3 heterocycles. The second-order valence-electron chi connectivity index (χ2n) is 10.7. The van der Waals surface area contributed by atoms with Gasteiger partial charge in [0.1, 0.15) is 0 Å². The van der Waals surface area contributed by atoms with Gasteiger partial charge in [-0.1, -0.05) is 47.1 Å². The second kappa shape index (κ2) is 11.8. The van der Waals surface area contributed by atoms with Gasteiger partial charge >= 0.3 is 0 Å². The Morgan fingerprint density at radius 2 is 2.05 bits per heavy atom. The van der Waals surface area contributed by atoms with Crippen molar-refractivity contribution >= 4 is 45.0 Å². The first-order chi connectivity index (χ1) is 19.2. The van der Waals surface area contributed by atoms with Gasteiger partial charge < -0.3 is 30.2 Å². The molecule has 40 heavy (non-hydrogen) atoms. The molecule has 3 aliphatic heterocycles. The minimum absolute atomic E-state index is 0.000858. The Labute approximate surface area is 242 Å². The summed E-state index contributed by atoms with van der Waals surface area (Å²) in [5.41, 5.74) is 0.936. The summed E-state index contributed by atoms with van der Waals surface area (Å²) in [4.78, 5) is 44.1. The van der Waals surface area contributed by atoms with Crippen molar-refractivity contribution in [3.8, 4) is 0 Å². The number of benzene rings is 2. The van der Waals surface area contributed by atoms with Gasteiger partial charge in [-0.15, -0.1) is 0 Å². The first kappa shape index (κ1) is 28.5. The number of hydrogen-bond acceptors (Lipinski definition) is 6. The number of rotatable bonds is 8. The van der Waals surface area contributed by atoms with Crippen molar-refractivity contribution in [1.82, 2.24) is 10.2 Å². The zero-order valence-electron chi connectivity index (χ0n) is 22.6. The van der Waals surface area contributed by atoms with Crippen LogP contribution >= 0.6 is 15.9 Å². The molecule has 3 N–H and O–H groups in total. The van der Waals surface area contributed by atoms with E-state index in [1.165, 1.54) is 0 Å². The summed E-state index contributed by atoms with van der Waals surface area (Å²) in [5.74, 6) is -1.12. The fraction of sp³-hybridized carbons (Fsp3) is 0.433. The molecule has 2 saturated heterocycles. The fourth-order valence-electron chi connectivity index (χ4n) is 5.94. The van der Waals surface area contributed by atoms with Crippen LogP contribution < -0.4 is 15.1 Å². The average molecular weight is 612 g/mol. The van der Waals surface area contributed by atoms with Crippen LogP contribution in [0, 0.1) is 5.92 Å². The lowest BCUT2D eigenvalue weighted by molar-refractivity contribution is -0.139. The number of piperazine rings is 1. The number of likely N-dealkylation sites (tertiary alicyclic amines) is 1. The number of nitrogens with zero attached hydrogens (tertiary/aromatic N) is 3. The quantitative estimate of drug-likeness (QED) is 0.396. The van der Waals surface area contributed by atoms with Gasteiger partial charge in [-0.2, -0.15) is 0 Å². The lowest BCUT2D eigenvalue weighted by atomic mass is 9.83. The third-order valence-electron chi connectivity index (χ3n) is 8.17. The molecule has 0 bridgehead atoms. The third-order valence-corrected chi connectivity index (χ3v) is 8.66. The topological polar surface area (TPSA) is 113 Å². The fourth-order valence-corrected chi connectivity index (χ4v) is 6.31. The Morgan fingerprint density at radius 3 is 2.83 bits per heavy atom. The van der Waals surface area contributed by atoms with E-state index in [1.807, 2.05) is 36.4 Å². The monoisotopic (exact) mass is 610 g/mol. The standard InChI is InChI=1S/C30H35BrN4O5/c1-20(5-2-9-27(37)33-13-4-8-24(33)19-36)30(40)25-16-22(31)10-11-26(25)35(29(30)39)18-21-6-3-7-23(15-21)34-14-12-32-17-28(34)38/h2-3,5-7,10-11,15-16,20,24,32,36,40H,4,8-9,12-14,17-19H2,1H3/b5-2+/t20-,24+,30+/m1/s1. The van der Waals surface area contributed by atoms with Crippen molar-refractivity contribution in [3.63, 3.8) is 0 Å². The zero-order chi connectivity index (χ0) is 28.4. The van der Waals surface area contributed by atoms with Gasteiger partial charge in [0.2, 0.25) is 11.8 Å². The summed E-state index contributed by atoms with van der Waals surface area (Å²) < 4.78 is 0.744. The van der Waals surface area contributed by atoms with E-state index in [9.17, 15) is 24.6 Å². The van der Waals surface area contributed by atoms with Crippen LogP contribution in [0.4, 0.5) is 11.4 Å². The van der Waals surface area contributed by atoms with Crippen molar-refractivity contribution < 1.29 is 24.6 Å². The number of hydrogen-bond donors (Lipinski definition) is 3. The molecule has 0 unspecified atom stereocenters. The Bertz CT molecular complexity index is 1330. The van der Waals surface area contributed by atoms with Gasteiger partial charge in [0, 0.05) is 47.7 Å². The van der Waals surface area contributed by atoms with Gasteiger partial charge in [-0.05, 0) is 48.7 Å². The van der Waals surface area contributed by atoms with E-state index in [0.29, 0.717) is 37.4 Å². The van der Waals surface area contributed by atoms with Gasteiger partial charge in [0.05, 0.1) is 31.4 Å². The molecule has 2 fully saturated rings. The molecule has 10 heteroatoms. The normalized spacial score (nSPS) is 23.8. The predicted octanol–water partition coefficient (Wildman–Crippen LogP) is 2.69. The molecule has 0 spiro atoms. The lowest BCUT2D eigenvalue weighted by Crippen LogP contribution is -2.48. The van der Waals surface area contributed by atoms with Crippen molar-refractivity contribution in [2.45, 2.75) is 44.4 Å². The Morgan fingerprint density at radius 1 is 1.23 bits per heavy atom. The molecule has 3 aliphatic rings. The highest BCUT2D eigenvalue weighted by atomic mass is 79.9. The summed E-state index contributed by atoms with van der Waals surface area (Å²) >= 11 is 3.48. The highest BCUT2D eigenvalue weighted by Crippen LogP contribution is 2.46. The molecule has 2 aromatic carbocycles. The third kappa shape index (κ3) is 5.33. The van der Waals surface area contributed by atoms with Crippen LogP contribution in [-0.2, 0) is 26.5 Å². The first-order valence-electron chi connectivity index (χ1n) is 13.8. The van der Waals surface area contributed by atoms with E-state index >= 15 is 0 Å². The molecule has 3 amide bonds. The number of halogens is 1. The lowest BCUT2D eigenvalue weighted by Gasteiger charge is -2.29. The molecule has 0 aromatic heterocycles. The van der Waals surface area contributed by atoms with Crippen LogP contribution in [0.2, 0.25) is 0 Å². The number of amides is 3. The van der Waals surface area contributed by atoms with Crippen LogP contribution in [0.1, 0.15) is 37.3 Å². The molecule has 5 rings (SSSR count). The summed E-state index contributed by atoms with van der Waals surface area (Å²) in [6.45, 7) is 4.18. The highest BCUT2D eigenvalue weighted by molar-refractivity contribution is 9.10. The SMILES string of the molecule is C[C@H](/C=C/CC(=O)N1CCC[C@H]1CO)[C@@]1(O)C(=O)N(Cc2cccc(N3CCNCC3=O)c2)c2ccc(Br)cc21. The largest absolute Gasteiger partial charge is 0.394 e. The number of nitrogens with one attached hydrogen (secondary N) is 1. The minimum Gasteiger partial charge on any atom is -0.394 e. The van der Waals surface area contributed by atoms with E-state index in [0.717, 1.165) is 28.6 Å². The molecule has 212 valence electrons. The van der Waals surface area contributed by atoms with Crippen LogP contribution in [0.3, 0.4) is 0 Å². The van der Waals surface area contributed by atoms with Crippen molar-refractivity contribution in [2.24, 2.45) is 5.92 Å². The minimum atomic E-state index is -1.81. The number of carbonyl (C=O) groups excluding carboxylic acids is 3. The van der Waals surface area contributed by atoms with E-state index in [2.05, 4.69) is 21.2 Å². The van der Waals surface area contributed by atoms with Crippen molar-refractivity contribution in [1.29, 1.82) is 0 Å². The molecule has 3 atom stereocenters. The number of anilines is 2. The molecule has 0 radical (unpaired) electrons. The van der Waals surface area contributed by atoms with Gasteiger partial charge in [-0.3, -0.25) is 14.4 Å². The molecular weight excluding hydrogens is 576 g/mol.